The number of hydrogen-bond donors (Lipinski definition) is 2. The van der Waals surface area contributed by atoms with E-state index >= 15 is 0 Å². The van der Waals surface area contributed by atoms with Gasteiger partial charge in [-0.1, -0.05) is 12.8 Å². The molecule has 0 aromatic rings. The summed E-state index contributed by atoms with van der Waals surface area (Å²) in [5.41, 5.74) is 3.18. The van der Waals surface area contributed by atoms with Crippen LogP contribution in [0, 0.1) is 5.92 Å². The second-order valence-electron chi connectivity index (χ2n) is 6.05. The highest BCUT2D eigenvalue weighted by atomic mass is 16.5. The van der Waals surface area contributed by atoms with Gasteiger partial charge < -0.3 is 9.47 Å². The monoisotopic (exact) mass is 256 g/mol. The van der Waals surface area contributed by atoms with Crippen molar-refractivity contribution in [3.05, 3.63) is 0 Å². The quantitative estimate of drug-likeness (QED) is 0.583. The van der Waals surface area contributed by atoms with Gasteiger partial charge in [-0.25, -0.2) is 0 Å². The van der Waals surface area contributed by atoms with Crippen molar-refractivity contribution in [1.82, 2.24) is 5.43 Å². The molecule has 2 rings (SSSR count). The molecule has 4 heteroatoms. The van der Waals surface area contributed by atoms with Crippen LogP contribution in [0.1, 0.15) is 51.9 Å². The topological polar surface area (TPSA) is 56.5 Å². The fraction of sp³-hybridized carbons (Fsp3) is 1.00. The van der Waals surface area contributed by atoms with Gasteiger partial charge in [0, 0.05) is 19.8 Å². The zero-order valence-electron chi connectivity index (χ0n) is 11.8. The van der Waals surface area contributed by atoms with E-state index in [0.29, 0.717) is 12.0 Å². The first-order valence-corrected chi connectivity index (χ1v) is 7.32. The van der Waals surface area contributed by atoms with Crippen LogP contribution < -0.4 is 11.3 Å². The van der Waals surface area contributed by atoms with E-state index in [2.05, 4.69) is 12.3 Å². The van der Waals surface area contributed by atoms with Crippen LogP contribution >= 0.6 is 0 Å². The lowest BCUT2D eigenvalue weighted by atomic mass is 9.79. The summed E-state index contributed by atoms with van der Waals surface area (Å²) in [7, 11) is 1.76. The van der Waals surface area contributed by atoms with E-state index in [-0.39, 0.29) is 11.7 Å². The summed E-state index contributed by atoms with van der Waals surface area (Å²) < 4.78 is 11.4. The van der Waals surface area contributed by atoms with Gasteiger partial charge in [0.15, 0.2) is 0 Å². The van der Waals surface area contributed by atoms with Gasteiger partial charge in [-0.3, -0.25) is 11.3 Å². The molecule has 1 saturated heterocycles. The van der Waals surface area contributed by atoms with Crippen molar-refractivity contribution >= 4 is 0 Å². The van der Waals surface area contributed by atoms with Crippen molar-refractivity contribution in [2.75, 3.05) is 13.7 Å². The Kier molecular flexibility index (Phi) is 5.01. The predicted octanol–water partition coefficient (Wildman–Crippen LogP) is 1.98. The van der Waals surface area contributed by atoms with E-state index in [9.17, 15) is 0 Å². The maximum atomic E-state index is 6.08. The first-order chi connectivity index (χ1) is 8.69. The normalized spacial score (nSPS) is 30.5. The fourth-order valence-corrected chi connectivity index (χ4v) is 3.63. The summed E-state index contributed by atoms with van der Waals surface area (Å²) in [5.74, 6) is 6.37. The molecule has 0 bridgehead atoms. The Labute approximate surface area is 111 Å². The molecule has 1 heterocycles. The molecular formula is C14H28N2O2. The number of hydrogen-bond acceptors (Lipinski definition) is 4. The van der Waals surface area contributed by atoms with Gasteiger partial charge in [-0.2, -0.15) is 0 Å². The molecule has 3 unspecified atom stereocenters. The highest BCUT2D eigenvalue weighted by molar-refractivity contribution is 4.94. The zero-order chi connectivity index (χ0) is 13.0. The summed E-state index contributed by atoms with van der Waals surface area (Å²) >= 11 is 0. The molecule has 1 aliphatic heterocycles. The Morgan fingerprint density at radius 3 is 2.78 bits per heavy atom. The minimum atomic E-state index is 0.175. The number of methoxy groups -OCH3 is 1. The van der Waals surface area contributed by atoms with Gasteiger partial charge in [0.05, 0.1) is 11.7 Å². The highest BCUT2D eigenvalue weighted by Gasteiger charge is 2.41. The van der Waals surface area contributed by atoms with Crippen LogP contribution in [0.5, 0.6) is 0 Å². The summed E-state index contributed by atoms with van der Waals surface area (Å²) in [6.45, 7) is 3.00. The molecule has 3 N–H and O–H groups in total. The highest BCUT2D eigenvalue weighted by Crippen LogP contribution is 2.43. The minimum absolute atomic E-state index is 0.175. The Hall–Kier alpha value is -0.160. The Balaban J connectivity index is 1.93. The molecule has 106 valence electrons. The van der Waals surface area contributed by atoms with Crippen LogP contribution in [-0.4, -0.2) is 31.5 Å². The van der Waals surface area contributed by atoms with Gasteiger partial charge in [-0.15, -0.1) is 0 Å². The van der Waals surface area contributed by atoms with Gasteiger partial charge in [0.2, 0.25) is 0 Å². The smallest absolute Gasteiger partial charge is 0.0685 e. The molecule has 2 fully saturated rings. The molecular weight excluding hydrogens is 228 g/mol. The lowest BCUT2D eigenvalue weighted by molar-refractivity contribution is -0.0999. The first-order valence-electron chi connectivity index (χ1n) is 7.32. The molecule has 3 atom stereocenters. The van der Waals surface area contributed by atoms with Crippen LogP contribution in [0.3, 0.4) is 0 Å². The van der Waals surface area contributed by atoms with Crippen molar-refractivity contribution in [3.8, 4) is 0 Å². The summed E-state index contributed by atoms with van der Waals surface area (Å²) in [4.78, 5) is 0. The molecule has 0 amide bonds. The number of hydrazine groups is 1. The fourth-order valence-electron chi connectivity index (χ4n) is 3.63. The molecule has 0 aromatic heterocycles. The number of rotatable bonds is 5. The van der Waals surface area contributed by atoms with Crippen LogP contribution in [0.15, 0.2) is 0 Å². The third kappa shape index (κ3) is 3.23. The van der Waals surface area contributed by atoms with Crippen molar-refractivity contribution < 1.29 is 9.47 Å². The summed E-state index contributed by atoms with van der Waals surface area (Å²) in [6, 6.07) is 0.348. The predicted molar refractivity (Wildman–Crippen MR) is 72.1 cm³/mol. The van der Waals surface area contributed by atoms with E-state index < -0.39 is 0 Å². The molecule has 4 nitrogen and oxygen atoms in total. The zero-order valence-corrected chi connectivity index (χ0v) is 11.8. The number of nitrogens with two attached hydrogens (primary N) is 1. The SMILES string of the molecule is COC(C)CC(NN)C1CCOC2(CCCC2)C1. The van der Waals surface area contributed by atoms with Gasteiger partial charge >= 0.3 is 0 Å². The molecule has 1 aliphatic carbocycles. The van der Waals surface area contributed by atoms with Crippen LogP contribution in [-0.2, 0) is 9.47 Å². The Bertz CT molecular complexity index is 254. The average Bonchev–Trinajstić information content (AvgIpc) is 2.83. The Morgan fingerprint density at radius 1 is 1.44 bits per heavy atom. The van der Waals surface area contributed by atoms with E-state index in [1.807, 2.05) is 0 Å². The second kappa shape index (κ2) is 6.33. The maximum Gasteiger partial charge on any atom is 0.0685 e. The standard InChI is InChI=1S/C14H28N2O2/c1-11(17-2)9-13(16-15)12-5-8-18-14(10-12)6-3-4-7-14/h11-13,16H,3-10,15H2,1-2H3. The average molecular weight is 256 g/mol. The van der Waals surface area contributed by atoms with E-state index in [1.54, 1.807) is 7.11 Å². The van der Waals surface area contributed by atoms with Crippen LogP contribution in [0.2, 0.25) is 0 Å². The maximum absolute atomic E-state index is 6.08. The molecule has 1 spiro atoms. The van der Waals surface area contributed by atoms with Crippen molar-refractivity contribution in [3.63, 3.8) is 0 Å². The molecule has 2 aliphatic rings. The van der Waals surface area contributed by atoms with Gasteiger partial charge in [0.1, 0.15) is 0 Å². The third-order valence-electron chi connectivity index (χ3n) is 4.82. The van der Waals surface area contributed by atoms with E-state index in [4.69, 9.17) is 15.3 Å². The van der Waals surface area contributed by atoms with E-state index in [0.717, 1.165) is 25.9 Å². The second-order valence-corrected chi connectivity index (χ2v) is 6.05. The van der Waals surface area contributed by atoms with Crippen molar-refractivity contribution in [2.45, 2.75) is 69.6 Å². The van der Waals surface area contributed by atoms with Gasteiger partial charge in [-0.05, 0) is 44.9 Å². The first kappa shape index (κ1) is 14.3. The largest absolute Gasteiger partial charge is 0.382 e. The van der Waals surface area contributed by atoms with Crippen molar-refractivity contribution in [2.24, 2.45) is 11.8 Å². The van der Waals surface area contributed by atoms with Gasteiger partial charge in [0.25, 0.3) is 0 Å². The summed E-state index contributed by atoms with van der Waals surface area (Å²) in [6.07, 6.45) is 8.64. The lowest BCUT2D eigenvalue weighted by Crippen LogP contribution is -2.49. The number of nitrogens with one attached hydrogen (secondary N) is 1. The molecule has 1 saturated carbocycles. The molecule has 0 aromatic carbocycles. The molecule has 0 radical (unpaired) electrons. The lowest BCUT2D eigenvalue weighted by Gasteiger charge is -2.41. The third-order valence-corrected chi connectivity index (χ3v) is 4.82. The van der Waals surface area contributed by atoms with Crippen LogP contribution in [0.25, 0.3) is 0 Å². The van der Waals surface area contributed by atoms with E-state index in [1.165, 1.54) is 25.7 Å². The number of ether oxygens (including phenoxy) is 2. The van der Waals surface area contributed by atoms with Crippen LogP contribution in [0.4, 0.5) is 0 Å². The Morgan fingerprint density at radius 2 is 2.17 bits per heavy atom. The molecule has 18 heavy (non-hydrogen) atoms. The summed E-state index contributed by atoms with van der Waals surface area (Å²) in [5, 5.41) is 0. The van der Waals surface area contributed by atoms with Crippen molar-refractivity contribution in [1.29, 1.82) is 0 Å². The minimum Gasteiger partial charge on any atom is -0.382 e.